The molecule has 0 N–H and O–H groups in total. The first kappa shape index (κ1) is 26.3. The van der Waals surface area contributed by atoms with Crippen LogP contribution in [-0.4, -0.2) is 57.1 Å². The van der Waals surface area contributed by atoms with E-state index in [4.69, 9.17) is 4.98 Å². The number of hydrogen-bond donors (Lipinski definition) is 0. The summed E-state index contributed by atoms with van der Waals surface area (Å²) >= 11 is 1.49. The summed E-state index contributed by atoms with van der Waals surface area (Å²) < 4.78 is 25.6. The predicted octanol–water partition coefficient (Wildman–Crippen LogP) is 4.67. The molecule has 32 heavy (non-hydrogen) atoms. The van der Waals surface area contributed by atoms with Gasteiger partial charge in [0.1, 0.15) is 0 Å². The standard InChI is InChI=1S/C23H29N3O3S2.ClH/c1-5-17-11-12-20-21(15-17)30-23(24-20)26(14-8-13-25(3)4)22(27)18-9-7-10-19(16-18)31(28,29)6-2;/h7,9-12,15-16H,5-6,8,13-14H2,1-4H3;1H. The molecule has 6 nitrogen and oxygen atoms in total. The highest BCUT2D eigenvalue weighted by Crippen LogP contribution is 2.31. The molecule has 2 aromatic carbocycles. The first-order chi connectivity index (χ1) is 14.7. The van der Waals surface area contributed by atoms with Crippen LogP contribution in [-0.2, 0) is 16.3 Å². The van der Waals surface area contributed by atoms with Crippen molar-refractivity contribution in [1.82, 2.24) is 9.88 Å². The third-order valence-corrected chi connectivity index (χ3v) is 7.91. The minimum Gasteiger partial charge on any atom is -0.309 e. The fraction of sp³-hybridized carbons (Fsp3) is 0.391. The zero-order valence-corrected chi connectivity index (χ0v) is 21.3. The number of anilines is 1. The normalized spacial score (nSPS) is 11.5. The van der Waals surface area contributed by atoms with Gasteiger partial charge in [0.2, 0.25) is 0 Å². The van der Waals surface area contributed by atoms with Crippen LogP contribution in [0.2, 0.25) is 0 Å². The number of aromatic nitrogens is 1. The van der Waals surface area contributed by atoms with Crippen molar-refractivity contribution in [3.05, 3.63) is 53.6 Å². The van der Waals surface area contributed by atoms with Gasteiger partial charge in [0.05, 0.1) is 20.9 Å². The van der Waals surface area contributed by atoms with Gasteiger partial charge >= 0.3 is 0 Å². The monoisotopic (exact) mass is 495 g/mol. The molecule has 0 bridgehead atoms. The largest absolute Gasteiger partial charge is 0.309 e. The van der Waals surface area contributed by atoms with Crippen LogP contribution in [0.25, 0.3) is 10.2 Å². The summed E-state index contributed by atoms with van der Waals surface area (Å²) in [5.74, 6) is -0.240. The van der Waals surface area contributed by atoms with Gasteiger partial charge in [-0.05, 0) is 69.4 Å². The molecular formula is C23H30ClN3O3S2. The second-order valence-corrected chi connectivity index (χ2v) is 11.0. The molecule has 3 aromatic rings. The van der Waals surface area contributed by atoms with E-state index in [1.54, 1.807) is 24.0 Å². The lowest BCUT2D eigenvalue weighted by molar-refractivity contribution is 0.0986. The average Bonchev–Trinajstić information content (AvgIpc) is 3.19. The van der Waals surface area contributed by atoms with E-state index in [1.807, 2.05) is 20.2 Å². The molecule has 0 aliphatic carbocycles. The summed E-state index contributed by atoms with van der Waals surface area (Å²) in [5.41, 5.74) is 2.45. The van der Waals surface area contributed by atoms with Crippen molar-refractivity contribution in [1.29, 1.82) is 0 Å². The zero-order chi connectivity index (χ0) is 22.6. The number of sulfone groups is 1. The Morgan fingerprint density at radius 2 is 1.81 bits per heavy atom. The molecule has 0 unspecified atom stereocenters. The SMILES string of the molecule is CCc1ccc2nc(N(CCCN(C)C)C(=O)c3cccc(S(=O)(=O)CC)c3)sc2c1.Cl. The van der Waals surface area contributed by atoms with Crippen LogP contribution in [0.3, 0.4) is 0 Å². The van der Waals surface area contributed by atoms with Crippen LogP contribution in [0.4, 0.5) is 5.13 Å². The number of aryl methyl sites for hydroxylation is 1. The van der Waals surface area contributed by atoms with Gasteiger partial charge in [-0.25, -0.2) is 13.4 Å². The molecule has 0 atom stereocenters. The summed E-state index contributed by atoms with van der Waals surface area (Å²) in [7, 11) is 0.599. The summed E-state index contributed by atoms with van der Waals surface area (Å²) in [5, 5.41) is 0.635. The Hall–Kier alpha value is -2.00. The van der Waals surface area contributed by atoms with Crippen LogP contribution >= 0.6 is 23.7 Å². The number of amides is 1. The number of fused-ring (bicyclic) bond motifs is 1. The predicted molar refractivity (Wildman–Crippen MR) is 135 cm³/mol. The number of rotatable bonds is 9. The maximum absolute atomic E-state index is 13.5. The zero-order valence-electron chi connectivity index (χ0n) is 18.9. The molecule has 174 valence electrons. The maximum Gasteiger partial charge on any atom is 0.260 e. The Kier molecular flexibility index (Phi) is 9.21. The van der Waals surface area contributed by atoms with E-state index in [9.17, 15) is 13.2 Å². The van der Waals surface area contributed by atoms with Crippen molar-refractivity contribution in [3.8, 4) is 0 Å². The highest BCUT2D eigenvalue weighted by Gasteiger charge is 2.23. The highest BCUT2D eigenvalue weighted by atomic mass is 35.5. The van der Waals surface area contributed by atoms with E-state index < -0.39 is 9.84 Å². The third kappa shape index (κ3) is 6.07. The smallest absolute Gasteiger partial charge is 0.260 e. The number of halogens is 1. The summed E-state index contributed by atoms with van der Waals surface area (Å²) in [6.07, 6.45) is 1.72. The molecule has 0 aliphatic rings. The minimum absolute atomic E-state index is 0. The molecule has 1 amide bonds. The molecule has 0 saturated heterocycles. The molecule has 0 saturated carbocycles. The molecular weight excluding hydrogens is 466 g/mol. The van der Waals surface area contributed by atoms with Crippen LogP contribution < -0.4 is 4.90 Å². The van der Waals surface area contributed by atoms with Crippen molar-refractivity contribution in [2.75, 3.05) is 37.8 Å². The Morgan fingerprint density at radius 1 is 1.06 bits per heavy atom. The van der Waals surface area contributed by atoms with Crippen LogP contribution in [0.5, 0.6) is 0 Å². The number of benzene rings is 2. The van der Waals surface area contributed by atoms with Crippen molar-refractivity contribution in [2.24, 2.45) is 0 Å². The van der Waals surface area contributed by atoms with E-state index >= 15 is 0 Å². The molecule has 1 heterocycles. The number of nitrogens with zero attached hydrogens (tertiary/aromatic N) is 3. The third-order valence-electron chi connectivity index (χ3n) is 5.13. The molecule has 0 spiro atoms. The van der Waals surface area contributed by atoms with Crippen LogP contribution in [0.15, 0.2) is 47.4 Å². The van der Waals surface area contributed by atoms with E-state index in [2.05, 4.69) is 24.0 Å². The number of hydrogen-bond acceptors (Lipinski definition) is 6. The van der Waals surface area contributed by atoms with Gasteiger partial charge < -0.3 is 4.90 Å². The fourth-order valence-electron chi connectivity index (χ4n) is 3.27. The van der Waals surface area contributed by atoms with Gasteiger partial charge in [0.15, 0.2) is 15.0 Å². The molecule has 1 aromatic heterocycles. The second kappa shape index (κ2) is 11.2. The molecule has 9 heteroatoms. The van der Waals surface area contributed by atoms with Crippen LogP contribution in [0, 0.1) is 0 Å². The van der Waals surface area contributed by atoms with Gasteiger partial charge in [-0.3, -0.25) is 9.69 Å². The summed E-state index contributed by atoms with van der Waals surface area (Å²) in [6.45, 7) is 5.04. The topological polar surface area (TPSA) is 70.6 Å². The maximum atomic E-state index is 13.5. The quantitative estimate of drug-likeness (QED) is 0.431. The first-order valence-electron chi connectivity index (χ1n) is 10.4. The summed E-state index contributed by atoms with van der Waals surface area (Å²) in [6, 6.07) is 12.5. The Morgan fingerprint density at radius 3 is 2.47 bits per heavy atom. The van der Waals surface area contributed by atoms with Gasteiger partial charge in [-0.2, -0.15) is 0 Å². The van der Waals surface area contributed by atoms with Gasteiger partial charge in [0.25, 0.3) is 5.91 Å². The lowest BCUT2D eigenvalue weighted by atomic mass is 10.2. The van der Waals surface area contributed by atoms with Gasteiger partial charge in [-0.15, -0.1) is 12.4 Å². The minimum atomic E-state index is -3.39. The molecule has 0 radical (unpaired) electrons. The Bertz CT molecular complexity index is 1180. The van der Waals surface area contributed by atoms with E-state index in [0.717, 1.165) is 29.6 Å². The van der Waals surface area contributed by atoms with Crippen LogP contribution in [0.1, 0.15) is 36.2 Å². The lowest BCUT2D eigenvalue weighted by Gasteiger charge is -2.21. The Labute approximate surface area is 200 Å². The molecule has 3 rings (SSSR count). The number of carbonyl (C=O) groups is 1. The summed E-state index contributed by atoms with van der Waals surface area (Å²) in [4.78, 5) is 22.1. The average molecular weight is 496 g/mol. The van der Waals surface area contributed by atoms with Crippen molar-refractivity contribution < 1.29 is 13.2 Å². The molecule has 0 aliphatic heterocycles. The highest BCUT2D eigenvalue weighted by molar-refractivity contribution is 7.91. The number of thiazole rings is 1. The first-order valence-corrected chi connectivity index (χ1v) is 12.9. The van der Waals surface area contributed by atoms with E-state index in [1.165, 1.54) is 29.0 Å². The van der Waals surface area contributed by atoms with Crippen molar-refractivity contribution in [3.63, 3.8) is 0 Å². The fourth-order valence-corrected chi connectivity index (χ4v) is 5.25. The van der Waals surface area contributed by atoms with Crippen molar-refractivity contribution >= 4 is 54.8 Å². The van der Waals surface area contributed by atoms with Gasteiger partial charge in [0, 0.05) is 12.1 Å². The van der Waals surface area contributed by atoms with Crippen molar-refractivity contribution in [2.45, 2.75) is 31.6 Å². The lowest BCUT2D eigenvalue weighted by Crippen LogP contribution is -2.33. The molecule has 0 fully saturated rings. The van der Waals surface area contributed by atoms with E-state index in [0.29, 0.717) is 17.2 Å². The van der Waals surface area contributed by atoms with E-state index in [-0.39, 0.29) is 29.0 Å². The van der Waals surface area contributed by atoms with Gasteiger partial charge in [-0.1, -0.05) is 37.3 Å². The Balaban J connectivity index is 0.00000363. The number of carbonyl (C=O) groups excluding carboxylic acids is 1. The second-order valence-electron chi connectivity index (χ2n) is 7.70.